The molecule has 120 valence electrons. The first-order valence-electron chi connectivity index (χ1n) is 8.04. The smallest absolute Gasteiger partial charge is 0.207 e. The zero-order valence-electron chi connectivity index (χ0n) is 13.7. The fourth-order valence-corrected chi connectivity index (χ4v) is 4.93. The SMILES string of the molecule is C/C1=C/CN(S(=O)(=O)c2ccc(C)cc2)C[C@]2(C)C[C@H]2CC1. The first-order chi connectivity index (χ1) is 10.3. The number of rotatable bonds is 2. The third-order valence-electron chi connectivity index (χ3n) is 5.27. The second-order valence-electron chi connectivity index (χ2n) is 7.25. The van der Waals surface area contributed by atoms with Gasteiger partial charge in [0.25, 0.3) is 0 Å². The van der Waals surface area contributed by atoms with Crippen LogP contribution in [-0.4, -0.2) is 25.8 Å². The highest BCUT2D eigenvalue weighted by Crippen LogP contribution is 2.56. The molecule has 22 heavy (non-hydrogen) atoms. The molecule has 0 amide bonds. The van der Waals surface area contributed by atoms with Crippen molar-refractivity contribution in [3.8, 4) is 0 Å². The molecule has 4 heteroatoms. The third kappa shape index (κ3) is 2.99. The van der Waals surface area contributed by atoms with E-state index in [-0.39, 0.29) is 5.41 Å². The zero-order valence-corrected chi connectivity index (χ0v) is 14.5. The summed E-state index contributed by atoms with van der Waals surface area (Å²) >= 11 is 0. The van der Waals surface area contributed by atoms with Crippen LogP contribution in [0.5, 0.6) is 0 Å². The molecule has 0 N–H and O–H groups in total. The van der Waals surface area contributed by atoms with Gasteiger partial charge in [-0.1, -0.05) is 36.3 Å². The number of fused-ring (bicyclic) bond motifs is 1. The average Bonchev–Trinajstić information content (AvgIpc) is 3.10. The Kier molecular flexibility index (Phi) is 3.94. The Hall–Kier alpha value is -1.13. The molecule has 1 aliphatic heterocycles. The molecule has 0 radical (unpaired) electrons. The third-order valence-corrected chi connectivity index (χ3v) is 7.09. The van der Waals surface area contributed by atoms with Gasteiger partial charge in [0.15, 0.2) is 0 Å². The van der Waals surface area contributed by atoms with E-state index in [1.54, 1.807) is 16.4 Å². The van der Waals surface area contributed by atoms with Crippen LogP contribution in [0.4, 0.5) is 0 Å². The van der Waals surface area contributed by atoms with E-state index in [0.29, 0.717) is 23.9 Å². The van der Waals surface area contributed by atoms with Crippen molar-refractivity contribution >= 4 is 10.0 Å². The lowest BCUT2D eigenvalue weighted by Gasteiger charge is -2.24. The molecule has 0 spiro atoms. The highest BCUT2D eigenvalue weighted by molar-refractivity contribution is 7.89. The van der Waals surface area contributed by atoms with E-state index in [0.717, 1.165) is 18.4 Å². The topological polar surface area (TPSA) is 37.4 Å². The number of aryl methyl sites for hydroxylation is 1. The van der Waals surface area contributed by atoms with E-state index in [9.17, 15) is 8.42 Å². The van der Waals surface area contributed by atoms with Crippen molar-refractivity contribution in [2.24, 2.45) is 11.3 Å². The van der Waals surface area contributed by atoms with Gasteiger partial charge in [-0.25, -0.2) is 8.42 Å². The Bertz CT molecular complexity index is 690. The molecule has 1 heterocycles. The van der Waals surface area contributed by atoms with Crippen molar-refractivity contribution in [1.29, 1.82) is 0 Å². The minimum absolute atomic E-state index is 0.163. The average molecular weight is 319 g/mol. The summed E-state index contributed by atoms with van der Waals surface area (Å²) in [6.45, 7) is 7.44. The van der Waals surface area contributed by atoms with Crippen LogP contribution in [-0.2, 0) is 10.0 Å². The van der Waals surface area contributed by atoms with Gasteiger partial charge in [0.1, 0.15) is 0 Å². The summed E-state index contributed by atoms with van der Waals surface area (Å²) in [7, 11) is -3.41. The minimum Gasteiger partial charge on any atom is -0.207 e. The lowest BCUT2D eigenvalue weighted by atomic mass is 10.0. The summed E-state index contributed by atoms with van der Waals surface area (Å²) in [6.07, 6.45) is 5.52. The summed E-state index contributed by atoms with van der Waals surface area (Å²) in [5.41, 5.74) is 2.55. The maximum absolute atomic E-state index is 13.0. The Morgan fingerprint density at radius 1 is 1.18 bits per heavy atom. The van der Waals surface area contributed by atoms with Crippen molar-refractivity contribution in [2.75, 3.05) is 13.1 Å². The summed E-state index contributed by atoms with van der Waals surface area (Å²) in [4.78, 5) is 0.407. The molecule has 1 aromatic carbocycles. The summed E-state index contributed by atoms with van der Waals surface area (Å²) in [5.74, 6) is 0.671. The summed E-state index contributed by atoms with van der Waals surface area (Å²) < 4.78 is 27.6. The van der Waals surface area contributed by atoms with Crippen LogP contribution in [0.15, 0.2) is 40.8 Å². The van der Waals surface area contributed by atoms with Gasteiger partial charge in [-0.15, -0.1) is 0 Å². The fourth-order valence-electron chi connectivity index (χ4n) is 3.42. The van der Waals surface area contributed by atoms with E-state index in [1.165, 1.54) is 12.0 Å². The Morgan fingerprint density at radius 3 is 2.55 bits per heavy atom. The summed E-state index contributed by atoms with van der Waals surface area (Å²) in [5, 5.41) is 0. The molecule has 1 fully saturated rings. The molecule has 1 saturated carbocycles. The van der Waals surface area contributed by atoms with Gasteiger partial charge in [-0.3, -0.25) is 0 Å². The van der Waals surface area contributed by atoms with Crippen molar-refractivity contribution < 1.29 is 8.42 Å². The standard InChI is InChI=1S/C18H25NO2S/c1-14-5-8-17(9-6-14)22(20,21)19-11-10-15(2)4-7-16-12-18(16,3)13-19/h5-6,8-10,16H,4,7,11-13H2,1-3H3/b15-10-/t16-,18+/m1/s1. The zero-order chi connectivity index (χ0) is 16.0. The molecule has 1 aliphatic carbocycles. The van der Waals surface area contributed by atoms with Crippen LogP contribution < -0.4 is 0 Å². The Morgan fingerprint density at radius 2 is 1.86 bits per heavy atom. The molecule has 0 bridgehead atoms. The van der Waals surface area contributed by atoms with E-state index in [4.69, 9.17) is 0 Å². The number of nitrogens with zero attached hydrogens (tertiary/aromatic N) is 1. The number of hydrogen-bond acceptors (Lipinski definition) is 2. The van der Waals surface area contributed by atoms with Crippen LogP contribution in [0.3, 0.4) is 0 Å². The van der Waals surface area contributed by atoms with Crippen molar-refractivity contribution in [1.82, 2.24) is 4.31 Å². The van der Waals surface area contributed by atoms with Gasteiger partial charge in [0, 0.05) is 13.1 Å². The number of benzene rings is 1. The lowest BCUT2D eigenvalue weighted by molar-refractivity contribution is 0.344. The van der Waals surface area contributed by atoms with Crippen LogP contribution >= 0.6 is 0 Å². The molecule has 2 atom stereocenters. The molecular formula is C18H25NO2S. The fraction of sp³-hybridized carbons (Fsp3) is 0.556. The highest BCUT2D eigenvalue weighted by Gasteiger charge is 2.51. The van der Waals surface area contributed by atoms with Gasteiger partial charge in [0.2, 0.25) is 10.0 Å². The van der Waals surface area contributed by atoms with Gasteiger partial charge < -0.3 is 0 Å². The van der Waals surface area contributed by atoms with Crippen LogP contribution in [0.25, 0.3) is 0 Å². The lowest BCUT2D eigenvalue weighted by Crippen LogP contribution is -2.36. The molecule has 2 aliphatic rings. The van der Waals surface area contributed by atoms with Gasteiger partial charge in [0.05, 0.1) is 4.90 Å². The molecule has 3 nitrogen and oxygen atoms in total. The molecular weight excluding hydrogens is 294 g/mol. The second kappa shape index (κ2) is 5.50. The minimum atomic E-state index is -3.41. The van der Waals surface area contributed by atoms with E-state index in [1.807, 2.05) is 19.1 Å². The van der Waals surface area contributed by atoms with E-state index >= 15 is 0 Å². The largest absolute Gasteiger partial charge is 0.243 e. The van der Waals surface area contributed by atoms with Crippen molar-refractivity contribution in [2.45, 2.75) is 44.9 Å². The molecule has 0 aromatic heterocycles. The molecule has 0 saturated heterocycles. The first kappa shape index (κ1) is 15.8. The normalized spacial score (nSPS) is 32.1. The molecule has 3 rings (SSSR count). The second-order valence-corrected chi connectivity index (χ2v) is 9.19. The van der Waals surface area contributed by atoms with Crippen molar-refractivity contribution in [3.63, 3.8) is 0 Å². The summed E-state index contributed by atoms with van der Waals surface area (Å²) in [6, 6.07) is 7.18. The highest BCUT2D eigenvalue weighted by atomic mass is 32.2. The van der Waals surface area contributed by atoms with Crippen LogP contribution in [0, 0.1) is 18.3 Å². The Labute approximate surface area is 134 Å². The maximum Gasteiger partial charge on any atom is 0.243 e. The van der Waals surface area contributed by atoms with Gasteiger partial charge >= 0.3 is 0 Å². The number of sulfonamides is 1. The Balaban J connectivity index is 1.92. The van der Waals surface area contributed by atoms with Crippen LogP contribution in [0.1, 0.15) is 38.7 Å². The number of allylic oxidation sites excluding steroid dienone is 1. The number of hydrogen-bond donors (Lipinski definition) is 0. The van der Waals surface area contributed by atoms with E-state index in [2.05, 4.69) is 19.9 Å². The van der Waals surface area contributed by atoms with Crippen LogP contribution in [0.2, 0.25) is 0 Å². The predicted molar refractivity (Wildman–Crippen MR) is 89.1 cm³/mol. The van der Waals surface area contributed by atoms with E-state index < -0.39 is 10.0 Å². The van der Waals surface area contributed by atoms with Gasteiger partial charge in [-0.05, 0) is 56.6 Å². The maximum atomic E-state index is 13.0. The quantitative estimate of drug-likeness (QED) is 0.779. The monoisotopic (exact) mass is 319 g/mol. The van der Waals surface area contributed by atoms with Crippen molar-refractivity contribution in [3.05, 3.63) is 41.5 Å². The van der Waals surface area contributed by atoms with Gasteiger partial charge in [-0.2, -0.15) is 4.31 Å². The predicted octanol–water partition coefficient (Wildman–Crippen LogP) is 3.75. The first-order valence-corrected chi connectivity index (χ1v) is 9.48. The molecule has 1 aromatic rings. The molecule has 0 unspecified atom stereocenters.